The number of carbonyl (C=O) groups excluding carboxylic acids is 1. The topological polar surface area (TPSA) is 103 Å². The molecule has 0 unspecified atom stereocenters. The highest BCUT2D eigenvalue weighted by molar-refractivity contribution is 5.64. The van der Waals surface area contributed by atoms with Crippen LogP contribution in [-0.4, -0.2) is 26.2 Å². The number of aromatic nitrogens is 3. The van der Waals surface area contributed by atoms with Crippen LogP contribution in [0.2, 0.25) is 0 Å². The van der Waals surface area contributed by atoms with Gasteiger partial charge in [-0.15, -0.1) is 5.10 Å². The molecule has 1 amide bonds. The lowest BCUT2D eigenvalue weighted by Gasteiger charge is -1.98. The number of amides is 1. The van der Waals surface area contributed by atoms with Crippen molar-refractivity contribution in [2.24, 2.45) is 5.73 Å². The molecule has 0 spiro atoms. The maximum Gasteiger partial charge on any atom is 0.406 e. The molecule has 0 aliphatic carbocycles. The minimum Gasteiger partial charge on any atom is -0.426 e. The summed E-state index contributed by atoms with van der Waals surface area (Å²) < 4.78 is 5.65. The van der Waals surface area contributed by atoms with Gasteiger partial charge in [0.25, 0.3) is 0 Å². The smallest absolute Gasteiger partial charge is 0.406 e. The standard InChI is InChI=1S/C5H8N4O3/c6-5(11)12-3-9-1-4(2-10)7-8-9/h1,10H,2-3H2,(H2,6,11). The van der Waals surface area contributed by atoms with Gasteiger partial charge >= 0.3 is 6.09 Å². The lowest BCUT2D eigenvalue weighted by atomic mass is 10.5. The Kier molecular flexibility index (Phi) is 2.59. The van der Waals surface area contributed by atoms with E-state index in [2.05, 4.69) is 15.0 Å². The highest BCUT2D eigenvalue weighted by Crippen LogP contribution is 1.92. The minimum absolute atomic E-state index is 0.0949. The van der Waals surface area contributed by atoms with E-state index >= 15 is 0 Å². The lowest BCUT2D eigenvalue weighted by Crippen LogP contribution is -2.15. The van der Waals surface area contributed by atoms with Gasteiger partial charge in [0.05, 0.1) is 12.8 Å². The van der Waals surface area contributed by atoms with E-state index in [1.807, 2.05) is 0 Å². The van der Waals surface area contributed by atoms with E-state index in [9.17, 15) is 4.79 Å². The summed E-state index contributed by atoms with van der Waals surface area (Å²) in [6, 6.07) is 0. The number of aliphatic hydroxyl groups is 1. The first-order chi connectivity index (χ1) is 5.72. The molecule has 3 N–H and O–H groups in total. The molecule has 0 aliphatic rings. The average Bonchev–Trinajstić information content (AvgIpc) is 2.48. The Morgan fingerprint density at radius 2 is 2.58 bits per heavy atom. The molecule has 0 aliphatic heterocycles. The molecule has 0 atom stereocenters. The van der Waals surface area contributed by atoms with E-state index in [1.165, 1.54) is 10.9 Å². The Balaban J connectivity index is 2.47. The molecule has 66 valence electrons. The van der Waals surface area contributed by atoms with Crippen LogP contribution < -0.4 is 5.73 Å². The van der Waals surface area contributed by atoms with Crippen LogP contribution >= 0.6 is 0 Å². The normalized spacial score (nSPS) is 9.75. The van der Waals surface area contributed by atoms with Gasteiger partial charge in [0.1, 0.15) is 5.69 Å². The van der Waals surface area contributed by atoms with Crippen molar-refractivity contribution in [2.75, 3.05) is 0 Å². The summed E-state index contributed by atoms with van der Waals surface area (Å²) in [5.74, 6) is 0. The van der Waals surface area contributed by atoms with Crippen molar-refractivity contribution in [3.63, 3.8) is 0 Å². The van der Waals surface area contributed by atoms with E-state index in [1.54, 1.807) is 0 Å². The van der Waals surface area contributed by atoms with Crippen molar-refractivity contribution >= 4 is 6.09 Å². The summed E-state index contributed by atoms with van der Waals surface area (Å²) in [6.07, 6.45) is 0.569. The van der Waals surface area contributed by atoms with Crippen LogP contribution in [0.25, 0.3) is 0 Å². The summed E-state index contributed by atoms with van der Waals surface area (Å²) in [7, 11) is 0. The molecular weight excluding hydrogens is 164 g/mol. The molecule has 1 heterocycles. The molecule has 0 bridgehead atoms. The molecule has 1 aromatic rings. The van der Waals surface area contributed by atoms with E-state index in [0.29, 0.717) is 5.69 Å². The zero-order chi connectivity index (χ0) is 8.97. The van der Waals surface area contributed by atoms with Gasteiger partial charge in [0.2, 0.25) is 0 Å². The second kappa shape index (κ2) is 3.67. The van der Waals surface area contributed by atoms with Gasteiger partial charge in [-0.1, -0.05) is 5.21 Å². The molecule has 0 saturated carbocycles. The summed E-state index contributed by atoms with van der Waals surface area (Å²) in [6.45, 7) is -0.293. The van der Waals surface area contributed by atoms with Crippen LogP contribution in [0.3, 0.4) is 0 Å². The Hall–Kier alpha value is -1.63. The second-order valence-electron chi connectivity index (χ2n) is 2.00. The Bertz CT molecular complexity index is 271. The zero-order valence-corrected chi connectivity index (χ0v) is 6.17. The number of nitrogens with two attached hydrogens (primary N) is 1. The molecule has 0 fully saturated rings. The molecule has 0 radical (unpaired) electrons. The lowest BCUT2D eigenvalue weighted by molar-refractivity contribution is 0.116. The monoisotopic (exact) mass is 172 g/mol. The molecule has 1 rings (SSSR count). The third kappa shape index (κ3) is 2.20. The van der Waals surface area contributed by atoms with Crippen molar-refractivity contribution in [3.05, 3.63) is 11.9 Å². The minimum atomic E-state index is -0.879. The van der Waals surface area contributed by atoms with Gasteiger partial charge in [-0.25, -0.2) is 9.48 Å². The summed E-state index contributed by atoms with van der Waals surface area (Å²) in [4.78, 5) is 10.1. The van der Waals surface area contributed by atoms with Crippen LogP contribution in [0.4, 0.5) is 4.79 Å². The molecule has 0 aromatic carbocycles. The van der Waals surface area contributed by atoms with Crippen molar-refractivity contribution < 1.29 is 14.6 Å². The quantitative estimate of drug-likeness (QED) is 0.597. The van der Waals surface area contributed by atoms with E-state index in [-0.39, 0.29) is 13.3 Å². The van der Waals surface area contributed by atoms with Gasteiger partial charge in [-0.05, 0) is 0 Å². The number of ether oxygens (including phenoxy) is 1. The average molecular weight is 172 g/mol. The third-order valence-electron chi connectivity index (χ3n) is 1.09. The van der Waals surface area contributed by atoms with Crippen LogP contribution in [0.1, 0.15) is 5.69 Å². The first-order valence-corrected chi connectivity index (χ1v) is 3.14. The summed E-state index contributed by atoms with van der Waals surface area (Å²) in [5, 5.41) is 15.7. The van der Waals surface area contributed by atoms with Crippen molar-refractivity contribution in [1.82, 2.24) is 15.0 Å². The molecule has 7 heteroatoms. The fraction of sp³-hybridized carbons (Fsp3) is 0.400. The van der Waals surface area contributed by atoms with Gasteiger partial charge in [-0.3, -0.25) is 0 Å². The SMILES string of the molecule is NC(=O)OCn1cc(CO)nn1. The highest BCUT2D eigenvalue weighted by atomic mass is 16.6. The largest absolute Gasteiger partial charge is 0.426 e. The van der Waals surface area contributed by atoms with Gasteiger partial charge in [0, 0.05) is 0 Å². The second-order valence-corrected chi connectivity index (χ2v) is 2.00. The summed E-state index contributed by atoms with van der Waals surface area (Å²) in [5.41, 5.74) is 5.11. The number of carbonyl (C=O) groups is 1. The third-order valence-corrected chi connectivity index (χ3v) is 1.09. The maximum absolute atomic E-state index is 10.1. The molecular formula is C5H8N4O3. The maximum atomic E-state index is 10.1. The number of primary amides is 1. The van der Waals surface area contributed by atoms with Crippen LogP contribution in [0, 0.1) is 0 Å². The fourth-order valence-corrected chi connectivity index (χ4v) is 0.604. The number of rotatable bonds is 3. The van der Waals surface area contributed by atoms with Crippen LogP contribution in [0.5, 0.6) is 0 Å². The van der Waals surface area contributed by atoms with Crippen LogP contribution in [-0.2, 0) is 18.1 Å². The molecule has 7 nitrogen and oxygen atoms in total. The zero-order valence-electron chi connectivity index (χ0n) is 6.17. The fourth-order valence-electron chi connectivity index (χ4n) is 0.604. The number of nitrogens with zero attached hydrogens (tertiary/aromatic N) is 3. The predicted octanol–water partition coefficient (Wildman–Crippen LogP) is -1.18. The van der Waals surface area contributed by atoms with Gasteiger partial charge < -0.3 is 15.6 Å². The molecule has 12 heavy (non-hydrogen) atoms. The predicted molar refractivity (Wildman–Crippen MR) is 36.6 cm³/mol. The van der Waals surface area contributed by atoms with Gasteiger partial charge in [0.15, 0.2) is 6.73 Å². The first kappa shape index (κ1) is 8.47. The molecule has 0 saturated heterocycles. The summed E-state index contributed by atoms with van der Waals surface area (Å²) >= 11 is 0. The highest BCUT2D eigenvalue weighted by Gasteiger charge is 1.99. The van der Waals surface area contributed by atoms with E-state index in [0.717, 1.165) is 0 Å². The van der Waals surface area contributed by atoms with Crippen LogP contribution in [0.15, 0.2) is 6.20 Å². The van der Waals surface area contributed by atoms with Crippen molar-refractivity contribution in [2.45, 2.75) is 13.3 Å². The Labute approximate surface area is 67.7 Å². The Morgan fingerprint density at radius 1 is 1.83 bits per heavy atom. The number of hydrogen-bond acceptors (Lipinski definition) is 5. The number of hydrogen-bond donors (Lipinski definition) is 2. The van der Waals surface area contributed by atoms with E-state index < -0.39 is 6.09 Å². The van der Waals surface area contributed by atoms with Gasteiger partial charge in [-0.2, -0.15) is 0 Å². The van der Waals surface area contributed by atoms with Crippen molar-refractivity contribution in [3.8, 4) is 0 Å². The number of aliphatic hydroxyl groups excluding tert-OH is 1. The first-order valence-electron chi connectivity index (χ1n) is 3.14. The Morgan fingerprint density at radius 3 is 3.08 bits per heavy atom. The molecule has 1 aromatic heterocycles. The van der Waals surface area contributed by atoms with E-state index in [4.69, 9.17) is 10.8 Å². The van der Waals surface area contributed by atoms with Crippen molar-refractivity contribution in [1.29, 1.82) is 0 Å².